The van der Waals surface area contributed by atoms with Gasteiger partial charge in [0.25, 0.3) is 0 Å². The number of rotatable bonds is 7. The van der Waals surface area contributed by atoms with Crippen LogP contribution in [0.3, 0.4) is 0 Å². The molecule has 0 spiro atoms. The van der Waals surface area contributed by atoms with E-state index in [1.54, 1.807) is 19.2 Å². The lowest BCUT2D eigenvalue weighted by atomic mass is 10.2. The van der Waals surface area contributed by atoms with E-state index in [2.05, 4.69) is 4.72 Å². The van der Waals surface area contributed by atoms with E-state index in [0.717, 1.165) is 16.9 Å². The molecule has 1 N–H and O–H groups in total. The summed E-state index contributed by atoms with van der Waals surface area (Å²) >= 11 is 0. The third-order valence-electron chi connectivity index (χ3n) is 3.38. The molecule has 0 radical (unpaired) electrons. The molecule has 6 heteroatoms. The van der Waals surface area contributed by atoms with Gasteiger partial charge in [0.1, 0.15) is 11.5 Å². The van der Waals surface area contributed by atoms with Gasteiger partial charge in [-0.15, -0.1) is 0 Å². The van der Waals surface area contributed by atoms with Crippen LogP contribution in [0.1, 0.15) is 18.1 Å². The lowest BCUT2D eigenvalue weighted by Gasteiger charge is -2.10. The van der Waals surface area contributed by atoms with Crippen molar-refractivity contribution in [2.24, 2.45) is 0 Å². The Morgan fingerprint density at radius 3 is 2.35 bits per heavy atom. The van der Waals surface area contributed by atoms with Crippen molar-refractivity contribution in [3.8, 4) is 11.5 Å². The summed E-state index contributed by atoms with van der Waals surface area (Å²) in [5, 5.41) is 0. The number of methoxy groups -OCH3 is 1. The summed E-state index contributed by atoms with van der Waals surface area (Å²) in [7, 11) is -2.01. The number of sulfonamides is 1. The number of nitrogens with one attached hydrogen (secondary N) is 1. The van der Waals surface area contributed by atoms with Crippen molar-refractivity contribution < 1.29 is 17.9 Å². The fourth-order valence-electron chi connectivity index (χ4n) is 2.15. The molecule has 2 aromatic carbocycles. The van der Waals surface area contributed by atoms with Gasteiger partial charge >= 0.3 is 0 Å². The molecule has 0 bridgehead atoms. The van der Waals surface area contributed by atoms with Gasteiger partial charge in [0, 0.05) is 6.54 Å². The highest BCUT2D eigenvalue weighted by Gasteiger charge is 2.15. The van der Waals surface area contributed by atoms with Crippen molar-refractivity contribution in [2.75, 3.05) is 13.7 Å². The average Bonchev–Trinajstić information content (AvgIpc) is 2.54. The van der Waals surface area contributed by atoms with E-state index < -0.39 is 10.0 Å². The van der Waals surface area contributed by atoms with Gasteiger partial charge in [-0.3, -0.25) is 0 Å². The summed E-state index contributed by atoms with van der Waals surface area (Å²) in [6, 6.07) is 12.1. The van der Waals surface area contributed by atoms with Crippen molar-refractivity contribution in [1.29, 1.82) is 0 Å². The van der Waals surface area contributed by atoms with Crippen LogP contribution >= 0.6 is 0 Å². The molecule has 0 aromatic heterocycles. The van der Waals surface area contributed by atoms with Crippen LogP contribution in [0.15, 0.2) is 47.4 Å². The Labute approximate surface area is 137 Å². The Morgan fingerprint density at radius 1 is 1.09 bits per heavy atom. The molecule has 124 valence electrons. The molecule has 0 aliphatic rings. The molecule has 0 heterocycles. The lowest BCUT2D eigenvalue weighted by Crippen LogP contribution is -2.23. The third-order valence-corrected chi connectivity index (χ3v) is 4.78. The van der Waals surface area contributed by atoms with Crippen LogP contribution in [0.4, 0.5) is 0 Å². The molecule has 0 atom stereocenters. The maximum Gasteiger partial charge on any atom is 0.240 e. The minimum absolute atomic E-state index is 0.222. The third kappa shape index (κ3) is 4.46. The highest BCUT2D eigenvalue weighted by Crippen LogP contribution is 2.21. The topological polar surface area (TPSA) is 64.6 Å². The van der Waals surface area contributed by atoms with E-state index in [1.807, 2.05) is 38.1 Å². The van der Waals surface area contributed by atoms with Gasteiger partial charge in [0.15, 0.2) is 0 Å². The monoisotopic (exact) mass is 335 g/mol. The Morgan fingerprint density at radius 2 is 1.78 bits per heavy atom. The molecule has 0 amide bonds. The van der Waals surface area contributed by atoms with E-state index >= 15 is 0 Å². The molecule has 0 saturated carbocycles. The summed E-state index contributed by atoms with van der Waals surface area (Å²) in [4.78, 5) is 0.224. The zero-order valence-electron chi connectivity index (χ0n) is 13.5. The van der Waals surface area contributed by atoms with E-state index in [9.17, 15) is 8.42 Å². The maximum absolute atomic E-state index is 12.4. The molecule has 0 saturated heterocycles. The predicted octanol–water partition coefficient (Wildman–Crippen LogP) is 2.88. The van der Waals surface area contributed by atoms with Gasteiger partial charge in [-0.2, -0.15) is 0 Å². The van der Waals surface area contributed by atoms with Crippen LogP contribution in [0, 0.1) is 6.92 Å². The van der Waals surface area contributed by atoms with E-state index in [4.69, 9.17) is 9.47 Å². The Bertz CT molecular complexity index is 755. The second-order valence-corrected chi connectivity index (χ2v) is 6.80. The van der Waals surface area contributed by atoms with Gasteiger partial charge in [0.2, 0.25) is 10.0 Å². The van der Waals surface area contributed by atoms with E-state index in [-0.39, 0.29) is 11.4 Å². The Hall–Kier alpha value is -2.05. The van der Waals surface area contributed by atoms with E-state index in [0.29, 0.717) is 12.4 Å². The minimum atomic E-state index is -3.56. The van der Waals surface area contributed by atoms with Crippen LogP contribution in [0.25, 0.3) is 0 Å². The highest BCUT2D eigenvalue weighted by atomic mass is 32.2. The summed E-state index contributed by atoms with van der Waals surface area (Å²) in [5.41, 5.74) is 1.64. The Kier molecular flexibility index (Phi) is 5.63. The smallest absolute Gasteiger partial charge is 0.240 e. The van der Waals surface area contributed by atoms with Crippen molar-refractivity contribution in [1.82, 2.24) is 4.72 Å². The second-order valence-electron chi connectivity index (χ2n) is 5.03. The van der Waals surface area contributed by atoms with E-state index in [1.165, 1.54) is 6.07 Å². The summed E-state index contributed by atoms with van der Waals surface area (Å²) in [5.74, 6) is 1.43. The van der Waals surface area contributed by atoms with Crippen LogP contribution < -0.4 is 14.2 Å². The molecule has 0 unspecified atom stereocenters. The van der Waals surface area contributed by atoms with Crippen molar-refractivity contribution in [3.63, 3.8) is 0 Å². The van der Waals surface area contributed by atoms with Crippen molar-refractivity contribution in [2.45, 2.75) is 25.3 Å². The second kappa shape index (κ2) is 7.48. The first-order valence-corrected chi connectivity index (χ1v) is 8.80. The van der Waals surface area contributed by atoms with Crippen LogP contribution in [0.5, 0.6) is 11.5 Å². The van der Waals surface area contributed by atoms with Gasteiger partial charge in [-0.05, 0) is 55.3 Å². The van der Waals surface area contributed by atoms with Gasteiger partial charge in [-0.25, -0.2) is 13.1 Å². The number of hydrogen-bond donors (Lipinski definition) is 1. The standard InChI is InChI=1S/C17H21NO4S/c1-4-22-15-7-5-14(6-8-15)12-18-23(19,20)16-9-10-17(21-3)13(2)11-16/h5-11,18H,4,12H2,1-3H3. The fraction of sp³-hybridized carbons (Fsp3) is 0.294. The zero-order chi connectivity index (χ0) is 16.9. The zero-order valence-corrected chi connectivity index (χ0v) is 14.3. The minimum Gasteiger partial charge on any atom is -0.496 e. The van der Waals surface area contributed by atoms with Gasteiger partial charge in [0.05, 0.1) is 18.6 Å². The number of aryl methyl sites for hydroxylation is 1. The maximum atomic E-state index is 12.4. The molecule has 5 nitrogen and oxygen atoms in total. The van der Waals surface area contributed by atoms with Crippen LogP contribution in [0.2, 0.25) is 0 Å². The van der Waals surface area contributed by atoms with Gasteiger partial charge < -0.3 is 9.47 Å². The Balaban J connectivity index is 2.07. The average molecular weight is 335 g/mol. The molecular formula is C17H21NO4S. The first kappa shape index (κ1) is 17.3. The first-order valence-electron chi connectivity index (χ1n) is 7.32. The van der Waals surface area contributed by atoms with Gasteiger partial charge in [-0.1, -0.05) is 12.1 Å². The van der Waals surface area contributed by atoms with Crippen molar-refractivity contribution >= 4 is 10.0 Å². The lowest BCUT2D eigenvalue weighted by molar-refractivity contribution is 0.340. The molecular weight excluding hydrogens is 314 g/mol. The number of ether oxygens (including phenoxy) is 2. The predicted molar refractivity (Wildman–Crippen MR) is 89.4 cm³/mol. The SMILES string of the molecule is CCOc1ccc(CNS(=O)(=O)c2ccc(OC)c(C)c2)cc1. The highest BCUT2D eigenvalue weighted by molar-refractivity contribution is 7.89. The largest absolute Gasteiger partial charge is 0.496 e. The summed E-state index contributed by atoms with van der Waals surface area (Å²) in [6.45, 7) is 4.55. The molecule has 2 aromatic rings. The number of benzene rings is 2. The fourth-order valence-corrected chi connectivity index (χ4v) is 3.25. The first-order chi connectivity index (χ1) is 11.0. The summed E-state index contributed by atoms with van der Waals surface area (Å²) < 4.78 is 37.8. The molecule has 23 heavy (non-hydrogen) atoms. The summed E-state index contributed by atoms with van der Waals surface area (Å²) in [6.07, 6.45) is 0. The quantitative estimate of drug-likeness (QED) is 0.845. The molecule has 0 aliphatic heterocycles. The number of hydrogen-bond acceptors (Lipinski definition) is 4. The van der Waals surface area contributed by atoms with Crippen molar-refractivity contribution in [3.05, 3.63) is 53.6 Å². The normalized spacial score (nSPS) is 11.3. The molecule has 0 fully saturated rings. The van der Waals surface area contributed by atoms with Crippen LogP contribution in [-0.4, -0.2) is 22.1 Å². The van der Waals surface area contributed by atoms with Crippen LogP contribution in [-0.2, 0) is 16.6 Å². The molecule has 0 aliphatic carbocycles. The molecule has 2 rings (SSSR count).